The Morgan fingerprint density at radius 1 is 1.33 bits per heavy atom. The normalized spacial score (nSPS) is 10.8. The SMILES string of the molecule is CCn1cc(C(C)=O)c2ccc(C)c(C(=O)O)c21. The first kappa shape index (κ1) is 12.4. The molecule has 2 rings (SSSR count). The highest BCUT2D eigenvalue weighted by atomic mass is 16.4. The third kappa shape index (κ3) is 1.70. The molecule has 0 atom stereocenters. The van der Waals surface area contributed by atoms with Gasteiger partial charge in [-0.25, -0.2) is 4.79 Å². The minimum Gasteiger partial charge on any atom is -0.478 e. The molecule has 4 nitrogen and oxygen atoms in total. The zero-order chi connectivity index (χ0) is 13.4. The zero-order valence-electron chi connectivity index (χ0n) is 10.7. The molecule has 0 aliphatic rings. The molecule has 1 heterocycles. The van der Waals surface area contributed by atoms with Crippen LogP contribution in [0.5, 0.6) is 0 Å². The molecule has 0 unspecified atom stereocenters. The topological polar surface area (TPSA) is 59.3 Å². The van der Waals surface area contributed by atoms with Crippen LogP contribution < -0.4 is 0 Å². The van der Waals surface area contributed by atoms with Crippen molar-refractivity contribution in [2.75, 3.05) is 0 Å². The van der Waals surface area contributed by atoms with Crippen LogP contribution in [0.2, 0.25) is 0 Å². The lowest BCUT2D eigenvalue weighted by molar-refractivity contribution is 0.0697. The molecule has 1 N–H and O–H groups in total. The van der Waals surface area contributed by atoms with E-state index in [1.807, 2.05) is 17.6 Å². The van der Waals surface area contributed by atoms with E-state index in [9.17, 15) is 14.7 Å². The van der Waals surface area contributed by atoms with Gasteiger partial charge in [0.1, 0.15) is 0 Å². The molecular weight excluding hydrogens is 230 g/mol. The summed E-state index contributed by atoms with van der Waals surface area (Å²) >= 11 is 0. The van der Waals surface area contributed by atoms with Gasteiger partial charge in [0.05, 0.1) is 11.1 Å². The standard InChI is InChI=1S/C14H15NO3/c1-4-15-7-11(9(3)16)10-6-5-8(2)12(13(10)15)14(17)18/h5-7H,4H2,1-3H3,(H,17,18). The number of carboxylic acids is 1. The van der Waals surface area contributed by atoms with Crippen LogP contribution in [-0.4, -0.2) is 21.4 Å². The fourth-order valence-corrected chi connectivity index (χ4v) is 2.30. The summed E-state index contributed by atoms with van der Waals surface area (Å²) in [4.78, 5) is 23.0. The quantitative estimate of drug-likeness (QED) is 0.846. The molecule has 0 saturated heterocycles. The Kier molecular flexibility index (Phi) is 2.95. The molecule has 4 heteroatoms. The summed E-state index contributed by atoms with van der Waals surface area (Å²) in [5.41, 5.74) is 2.20. The number of carbonyl (C=O) groups is 2. The van der Waals surface area contributed by atoms with Crippen LogP contribution in [0, 0.1) is 6.92 Å². The number of carboxylic acid groups (broad SMARTS) is 1. The van der Waals surface area contributed by atoms with Crippen LogP contribution in [0.1, 0.15) is 40.1 Å². The van der Waals surface area contributed by atoms with Gasteiger partial charge in [-0.1, -0.05) is 12.1 Å². The largest absolute Gasteiger partial charge is 0.478 e. The van der Waals surface area contributed by atoms with Crippen molar-refractivity contribution in [1.29, 1.82) is 0 Å². The second-order valence-corrected chi connectivity index (χ2v) is 4.34. The first-order chi connectivity index (χ1) is 8.47. The highest BCUT2D eigenvalue weighted by molar-refractivity contribution is 6.12. The Morgan fingerprint density at radius 3 is 2.50 bits per heavy atom. The van der Waals surface area contributed by atoms with Crippen LogP contribution >= 0.6 is 0 Å². The van der Waals surface area contributed by atoms with E-state index in [-0.39, 0.29) is 11.3 Å². The molecule has 1 aromatic carbocycles. The average Bonchev–Trinajstić information content (AvgIpc) is 2.66. The molecule has 0 saturated carbocycles. The molecule has 0 aliphatic carbocycles. The minimum atomic E-state index is -0.957. The van der Waals surface area contributed by atoms with Crippen LogP contribution in [0.4, 0.5) is 0 Å². The maximum Gasteiger partial charge on any atom is 0.338 e. The summed E-state index contributed by atoms with van der Waals surface area (Å²) < 4.78 is 1.82. The van der Waals surface area contributed by atoms with Crippen LogP contribution in [0.3, 0.4) is 0 Å². The van der Waals surface area contributed by atoms with Gasteiger partial charge in [0.15, 0.2) is 5.78 Å². The Hall–Kier alpha value is -2.10. The number of nitrogens with zero attached hydrogens (tertiary/aromatic N) is 1. The number of hydrogen-bond acceptors (Lipinski definition) is 2. The first-order valence-electron chi connectivity index (χ1n) is 5.84. The third-order valence-electron chi connectivity index (χ3n) is 3.18. The van der Waals surface area contributed by atoms with Crippen LogP contribution in [0.25, 0.3) is 10.9 Å². The summed E-state index contributed by atoms with van der Waals surface area (Å²) in [5, 5.41) is 10.0. The van der Waals surface area contributed by atoms with Gasteiger partial charge in [0, 0.05) is 23.7 Å². The van der Waals surface area contributed by atoms with Crippen LogP contribution in [0.15, 0.2) is 18.3 Å². The Bertz CT molecular complexity index is 653. The molecule has 0 fully saturated rings. The molecule has 2 aromatic rings. The number of aromatic carboxylic acids is 1. The molecule has 0 amide bonds. The molecule has 0 bridgehead atoms. The monoisotopic (exact) mass is 245 g/mol. The van der Waals surface area contributed by atoms with Gasteiger partial charge in [0.25, 0.3) is 0 Å². The lowest BCUT2D eigenvalue weighted by Gasteiger charge is -2.07. The molecule has 0 spiro atoms. The number of Topliss-reactive ketones (excluding diaryl/α,β-unsaturated/α-hetero) is 1. The highest BCUT2D eigenvalue weighted by Gasteiger charge is 2.19. The van der Waals surface area contributed by atoms with E-state index in [1.165, 1.54) is 6.92 Å². The average molecular weight is 245 g/mol. The third-order valence-corrected chi connectivity index (χ3v) is 3.18. The van der Waals surface area contributed by atoms with Gasteiger partial charge < -0.3 is 9.67 Å². The Morgan fingerprint density at radius 2 is 2.00 bits per heavy atom. The number of aromatic nitrogens is 1. The van der Waals surface area contributed by atoms with E-state index < -0.39 is 5.97 Å². The molecule has 94 valence electrons. The number of ketones is 1. The first-order valence-corrected chi connectivity index (χ1v) is 5.84. The van der Waals surface area contributed by atoms with Crippen LogP contribution in [-0.2, 0) is 6.54 Å². The lowest BCUT2D eigenvalue weighted by atomic mass is 10.0. The second-order valence-electron chi connectivity index (χ2n) is 4.34. The van der Waals surface area contributed by atoms with Gasteiger partial charge in [-0.3, -0.25) is 4.79 Å². The fourth-order valence-electron chi connectivity index (χ4n) is 2.30. The molecule has 0 radical (unpaired) electrons. The van der Waals surface area contributed by atoms with Gasteiger partial charge in [-0.05, 0) is 26.3 Å². The predicted octanol–water partition coefficient (Wildman–Crippen LogP) is 2.87. The van der Waals surface area contributed by atoms with Crippen molar-refractivity contribution in [2.24, 2.45) is 0 Å². The predicted molar refractivity (Wildman–Crippen MR) is 69.3 cm³/mol. The van der Waals surface area contributed by atoms with Gasteiger partial charge >= 0.3 is 5.97 Å². The summed E-state index contributed by atoms with van der Waals surface area (Å²) in [6.45, 7) is 5.82. The minimum absolute atomic E-state index is 0.0487. The summed E-state index contributed by atoms with van der Waals surface area (Å²) in [6, 6.07) is 3.57. The van der Waals surface area contributed by atoms with Gasteiger partial charge in [-0.15, -0.1) is 0 Å². The van der Waals surface area contributed by atoms with Crippen molar-refractivity contribution >= 4 is 22.7 Å². The smallest absolute Gasteiger partial charge is 0.338 e. The summed E-state index contributed by atoms with van der Waals surface area (Å²) in [5.74, 6) is -1.01. The lowest BCUT2D eigenvalue weighted by Crippen LogP contribution is -2.04. The van der Waals surface area contributed by atoms with E-state index >= 15 is 0 Å². The molecule has 18 heavy (non-hydrogen) atoms. The van der Waals surface area contributed by atoms with Crippen molar-refractivity contribution in [2.45, 2.75) is 27.3 Å². The number of aryl methyl sites for hydroxylation is 2. The summed E-state index contributed by atoms with van der Waals surface area (Å²) in [7, 11) is 0. The number of rotatable bonds is 3. The highest BCUT2D eigenvalue weighted by Crippen LogP contribution is 2.27. The summed E-state index contributed by atoms with van der Waals surface area (Å²) in [6.07, 6.45) is 1.74. The van der Waals surface area contributed by atoms with Crippen molar-refractivity contribution in [3.63, 3.8) is 0 Å². The van der Waals surface area contributed by atoms with Crippen molar-refractivity contribution in [1.82, 2.24) is 4.57 Å². The molecule has 0 aliphatic heterocycles. The Balaban J connectivity index is 2.96. The van der Waals surface area contributed by atoms with E-state index in [0.717, 1.165) is 0 Å². The van der Waals surface area contributed by atoms with Crippen molar-refractivity contribution in [3.05, 3.63) is 35.0 Å². The number of carbonyl (C=O) groups excluding carboxylic acids is 1. The van der Waals surface area contributed by atoms with Crippen molar-refractivity contribution < 1.29 is 14.7 Å². The maximum atomic E-state index is 11.6. The molecular formula is C14H15NO3. The van der Waals surface area contributed by atoms with E-state index in [0.29, 0.717) is 28.6 Å². The second kappa shape index (κ2) is 4.29. The van der Waals surface area contributed by atoms with E-state index in [2.05, 4.69) is 0 Å². The van der Waals surface area contributed by atoms with Gasteiger partial charge in [-0.2, -0.15) is 0 Å². The Labute approximate surface area is 105 Å². The zero-order valence-corrected chi connectivity index (χ0v) is 10.7. The van der Waals surface area contributed by atoms with Crippen molar-refractivity contribution in [3.8, 4) is 0 Å². The number of fused-ring (bicyclic) bond motifs is 1. The molecule has 1 aromatic heterocycles. The van der Waals surface area contributed by atoms with Gasteiger partial charge in [0.2, 0.25) is 0 Å². The fraction of sp³-hybridized carbons (Fsp3) is 0.286. The number of benzene rings is 1. The van der Waals surface area contributed by atoms with E-state index in [4.69, 9.17) is 0 Å². The van der Waals surface area contributed by atoms with E-state index in [1.54, 1.807) is 19.2 Å². The maximum absolute atomic E-state index is 11.6. The number of hydrogen-bond donors (Lipinski definition) is 1.